The van der Waals surface area contributed by atoms with E-state index in [4.69, 9.17) is 4.74 Å². The van der Waals surface area contributed by atoms with E-state index in [-0.39, 0.29) is 5.69 Å². The van der Waals surface area contributed by atoms with Crippen LogP contribution in [-0.2, 0) is 0 Å². The van der Waals surface area contributed by atoms with Gasteiger partial charge in [-0.3, -0.25) is 10.1 Å². The zero-order chi connectivity index (χ0) is 12.4. The van der Waals surface area contributed by atoms with Gasteiger partial charge in [0.05, 0.1) is 17.6 Å². The molecule has 0 radical (unpaired) electrons. The van der Waals surface area contributed by atoms with Gasteiger partial charge >= 0.3 is 0 Å². The molecular formula is C12H12N2O3. The van der Waals surface area contributed by atoms with Crippen LogP contribution in [0.4, 0.5) is 5.69 Å². The number of nitro benzene ring substituents is 1. The van der Waals surface area contributed by atoms with Gasteiger partial charge in [-0.05, 0) is 26.0 Å². The minimum atomic E-state index is -0.433. The lowest BCUT2D eigenvalue weighted by Gasteiger charge is -2.05. The molecule has 1 heterocycles. The summed E-state index contributed by atoms with van der Waals surface area (Å²) in [5.41, 5.74) is 1.14. The highest BCUT2D eigenvalue weighted by molar-refractivity contribution is 5.88. The lowest BCUT2D eigenvalue weighted by molar-refractivity contribution is -0.383. The summed E-state index contributed by atoms with van der Waals surface area (Å²) in [6, 6.07) is 6.81. The third-order valence-electron chi connectivity index (χ3n) is 2.39. The highest BCUT2D eigenvalue weighted by atomic mass is 16.6. The van der Waals surface area contributed by atoms with Gasteiger partial charge in [0.15, 0.2) is 0 Å². The average Bonchev–Trinajstić information content (AvgIpc) is 2.28. The first-order valence-electron chi connectivity index (χ1n) is 5.30. The predicted octanol–water partition coefficient (Wildman–Crippen LogP) is 2.85. The molecule has 17 heavy (non-hydrogen) atoms. The van der Waals surface area contributed by atoms with Gasteiger partial charge in [0.2, 0.25) is 0 Å². The molecule has 0 saturated heterocycles. The molecule has 0 saturated carbocycles. The fraction of sp³-hybridized carbons (Fsp3) is 0.250. The number of ether oxygens (including phenoxy) is 1. The van der Waals surface area contributed by atoms with E-state index in [0.29, 0.717) is 23.3 Å². The number of fused-ring (bicyclic) bond motifs is 1. The largest absolute Gasteiger partial charge is 0.494 e. The Morgan fingerprint density at radius 2 is 2.18 bits per heavy atom. The molecule has 0 atom stereocenters. The predicted molar refractivity (Wildman–Crippen MR) is 64.3 cm³/mol. The van der Waals surface area contributed by atoms with Gasteiger partial charge in [0, 0.05) is 11.1 Å². The molecule has 0 amide bonds. The molecule has 0 bridgehead atoms. The monoisotopic (exact) mass is 232 g/mol. The molecule has 0 unspecified atom stereocenters. The van der Waals surface area contributed by atoms with Crippen LogP contribution >= 0.6 is 0 Å². The molecular weight excluding hydrogens is 220 g/mol. The van der Waals surface area contributed by atoms with Gasteiger partial charge in [-0.25, -0.2) is 4.98 Å². The first-order valence-corrected chi connectivity index (χ1v) is 5.30. The van der Waals surface area contributed by atoms with Crippen molar-refractivity contribution in [1.82, 2.24) is 4.98 Å². The molecule has 0 spiro atoms. The summed E-state index contributed by atoms with van der Waals surface area (Å²) in [5, 5.41) is 11.7. The van der Waals surface area contributed by atoms with Crippen LogP contribution in [0.2, 0.25) is 0 Å². The normalized spacial score (nSPS) is 10.5. The second-order valence-electron chi connectivity index (χ2n) is 3.66. The van der Waals surface area contributed by atoms with Crippen LogP contribution in [-0.4, -0.2) is 16.5 Å². The molecule has 0 fully saturated rings. The topological polar surface area (TPSA) is 65.3 Å². The molecule has 2 aromatic rings. The molecule has 1 aromatic heterocycles. The third-order valence-corrected chi connectivity index (χ3v) is 2.39. The van der Waals surface area contributed by atoms with Crippen molar-refractivity contribution in [1.29, 1.82) is 0 Å². The van der Waals surface area contributed by atoms with E-state index < -0.39 is 4.92 Å². The Morgan fingerprint density at radius 1 is 1.41 bits per heavy atom. The fourth-order valence-electron chi connectivity index (χ4n) is 1.68. The Labute approximate surface area is 98.2 Å². The summed E-state index contributed by atoms with van der Waals surface area (Å²) in [4.78, 5) is 14.8. The quantitative estimate of drug-likeness (QED) is 0.602. The van der Waals surface area contributed by atoms with Crippen molar-refractivity contribution in [3.8, 4) is 5.75 Å². The highest BCUT2D eigenvalue weighted by Crippen LogP contribution is 2.29. The Balaban J connectivity index is 2.72. The lowest BCUT2D eigenvalue weighted by atomic mass is 10.1. The van der Waals surface area contributed by atoms with E-state index in [9.17, 15) is 10.1 Å². The van der Waals surface area contributed by atoms with Crippen molar-refractivity contribution in [2.75, 3.05) is 6.61 Å². The Bertz CT molecular complexity index is 581. The Kier molecular flexibility index (Phi) is 2.91. The summed E-state index contributed by atoms with van der Waals surface area (Å²) in [6.07, 6.45) is 0. The fourth-order valence-corrected chi connectivity index (χ4v) is 1.68. The number of rotatable bonds is 3. The van der Waals surface area contributed by atoms with Gasteiger partial charge in [0.1, 0.15) is 11.3 Å². The van der Waals surface area contributed by atoms with Crippen LogP contribution < -0.4 is 4.74 Å². The zero-order valence-corrected chi connectivity index (χ0v) is 9.64. The number of aromatic nitrogens is 1. The van der Waals surface area contributed by atoms with E-state index in [1.165, 1.54) is 6.07 Å². The molecule has 0 aliphatic carbocycles. The van der Waals surface area contributed by atoms with Crippen molar-refractivity contribution in [3.05, 3.63) is 40.1 Å². The lowest BCUT2D eigenvalue weighted by Crippen LogP contribution is -1.96. The van der Waals surface area contributed by atoms with Crippen LogP contribution in [0.3, 0.4) is 0 Å². The SMILES string of the molecule is CCOc1cc([N+](=O)[O-])c2nc(C)ccc2c1. The van der Waals surface area contributed by atoms with E-state index in [0.717, 1.165) is 5.69 Å². The van der Waals surface area contributed by atoms with E-state index in [1.54, 1.807) is 13.0 Å². The number of hydrogen-bond donors (Lipinski definition) is 0. The molecule has 0 aliphatic rings. The van der Waals surface area contributed by atoms with Crippen molar-refractivity contribution in [3.63, 3.8) is 0 Å². The Hall–Kier alpha value is -2.17. The molecule has 5 nitrogen and oxygen atoms in total. The molecule has 1 aromatic carbocycles. The third kappa shape index (κ3) is 2.18. The van der Waals surface area contributed by atoms with Gasteiger partial charge in [-0.2, -0.15) is 0 Å². The number of benzene rings is 1. The maximum Gasteiger partial charge on any atom is 0.299 e. The molecule has 2 rings (SSSR count). The summed E-state index contributed by atoms with van der Waals surface area (Å²) < 4.78 is 5.30. The van der Waals surface area contributed by atoms with E-state index in [1.807, 2.05) is 19.1 Å². The van der Waals surface area contributed by atoms with Gasteiger partial charge in [0.25, 0.3) is 5.69 Å². The number of pyridine rings is 1. The standard InChI is InChI=1S/C12H12N2O3/c1-3-17-10-6-9-5-4-8(2)13-12(9)11(7-10)14(15)16/h4-7H,3H2,1-2H3. The van der Waals surface area contributed by atoms with Gasteiger partial charge in [-0.15, -0.1) is 0 Å². The molecule has 88 valence electrons. The van der Waals surface area contributed by atoms with Crippen molar-refractivity contribution < 1.29 is 9.66 Å². The van der Waals surface area contributed by atoms with Crippen LogP contribution in [0.15, 0.2) is 24.3 Å². The van der Waals surface area contributed by atoms with Crippen molar-refractivity contribution in [2.24, 2.45) is 0 Å². The van der Waals surface area contributed by atoms with E-state index >= 15 is 0 Å². The summed E-state index contributed by atoms with van der Waals surface area (Å²) in [6.45, 7) is 4.12. The van der Waals surface area contributed by atoms with Gasteiger partial charge in [-0.1, -0.05) is 6.07 Å². The molecule has 5 heteroatoms. The highest BCUT2D eigenvalue weighted by Gasteiger charge is 2.15. The Morgan fingerprint density at radius 3 is 2.82 bits per heavy atom. The number of hydrogen-bond acceptors (Lipinski definition) is 4. The molecule has 0 aliphatic heterocycles. The second-order valence-corrected chi connectivity index (χ2v) is 3.66. The maximum absolute atomic E-state index is 11.0. The first kappa shape index (κ1) is 11.3. The zero-order valence-electron chi connectivity index (χ0n) is 9.64. The van der Waals surface area contributed by atoms with E-state index in [2.05, 4.69) is 4.98 Å². The number of nitrogens with zero attached hydrogens (tertiary/aromatic N) is 2. The molecule has 0 N–H and O–H groups in total. The van der Waals surface area contributed by atoms with Gasteiger partial charge < -0.3 is 4.74 Å². The second kappa shape index (κ2) is 4.37. The average molecular weight is 232 g/mol. The first-order chi connectivity index (χ1) is 8.11. The van der Waals surface area contributed by atoms with Crippen LogP contribution in [0.5, 0.6) is 5.75 Å². The summed E-state index contributed by atoms with van der Waals surface area (Å²) in [5.74, 6) is 0.498. The van der Waals surface area contributed by atoms with Crippen molar-refractivity contribution >= 4 is 16.6 Å². The maximum atomic E-state index is 11.0. The smallest absolute Gasteiger partial charge is 0.299 e. The summed E-state index contributed by atoms with van der Waals surface area (Å²) >= 11 is 0. The summed E-state index contributed by atoms with van der Waals surface area (Å²) in [7, 11) is 0. The minimum Gasteiger partial charge on any atom is -0.494 e. The minimum absolute atomic E-state index is 0.0188. The number of aryl methyl sites for hydroxylation is 1. The number of non-ortho nitro benzene ring substituents is 1. The van der Waals surface area contributed by atoms with Crippen LogP contribution in [0, 0.1) is 17.0 Å². The number of nitro groups is 1. The van der Waals surface area contributed by atoms with Crippen LogP contribution in [0.25, 0.3) is 10.9 Å². The van der Waals surface area contributed by atoms with Crippen molar-refractivity contribution in [2.45, 2.75) is 13.8 Å². The van der Waals surface area contributed by atoms with Crippen LogP contribution in [0.1, 0.15) is 12.6 Å².